The summed E-state index contributed by atoms with van der Waals surface area (Å²) in [5.74, 6) is 0.545. The van der Waals surface area contributed by atoms with Gasteiger partial charge in [-0.25, -0.2) is 8.42 Å². The minimum atomic E-state index is -3.47. The van der Waals surface area contributed by atoms with E-state index in [4.69, 9.17) is 4.74 Å². The standard InChI is InChI=1S/C20H27NO4S/c1-16-7-5-6-8-18(16)15-25-20(22)17-11-13-21(14-12-17)26(23,24)19-9-3-2-4-10-19/h2-6,9-10,16-18H,7-8,11-15H2,1H3. The summed E-state index contributed by atoms with van der Waals surface area (Å²) < 4.78 is 32.3. The molecule has 0 spiro atoms. The van der Waals surface area contributed by atoms with E-state index in [1.54, 1.807) is 30.3 Å². The molecule has 2 aliphatic rings. The highest BCUT2D eigenvalue weighted by atomic mass is 32.2. The van der Waals surface area contributed by atoms with Gasteiger partial charge < -0.3 is 4.74 Å². The second-order valence-electron chi connectivity index (χ2n) is 7.30. The van der Waals surface area contributed by atoms with Crippen LogP contribution in [0.25, 0.3) is 0 Å². The van der Waals surface area contributed by atoms with Gasteiger partial charge >= 0.3 is 5.97 Å². The number of sulfonamides is 1. The first-order chi connectivity index (χ1) is 12.5. The average Bonchev–Trinajstić information content (AvgIpc) is 2.68. The number of carbonyl (C=O) groups excluding carboxylic acids is 1. The molecule has 1 aromatic rings. The molecule has 0 radical (unpaired) electrons. The molecule has 5 nitrogen and oxygen atoms in total. The number of esters is 1. The Labute approximate surface area is 156 Å². The van der Waals surface area contributed by atoms with Crippen molar-refractivity contribution in [2.75, 3.05) is 19.7 Å². The normalized spacial score (nSPS) is 25.1. The minimum absolute atomic E-state index is 0.177. The van der Waals surface area contributed by atoms with Crippen LogP contribution < -0.4 is 0 Å². The predicted molar refractivity (Wildman–Crippen MR) is 99.9 cm³/mol. The van der Waals surface area contributed by atoms with Crippen molar-refractivity contribution in [1.29, 1.82) is 0 Å². The third kappa shape index (κ3) is 4.35. The Morgan fingerprint density at radius 2 is 1.77 bits per heavy atom. The smallest absolute Gasteiger partial charge is 0.309 e. The maximum atomic E-state index is 12.6. The number of benzene rings is 1. The van der Waals surface area contributed by atoms with Gasteiger partial charge in [0, 0.05) is 13.1 Å². The topological polar surface area (TPSA) is 63.7 Å². The number of hydrogen-bond donors (Lipinski definition) is 0. The SMILES string of the molecule is CC1CC=CCC1COC(=O)C1CCN(S(=O)(=O)c2ccccc2)CC1. The Kier molecular flexibility index (Phi) is 6.14. The summed E-state index contributed by atoms with van der Waals surface area (Å²) in [6.45, 7) is 3.38. The van der Waals surface area contributed by atoms with Crippen LogP contribution in [0.1, 0.15) is 32.6 Å². The van der Waals surface area contributed by atoms with Crippen molar-refractivity contribution in [1.82, 2.24) is 4.31 Å². The fourth-order valence-electron chi connectivity index (χ4n) is 3.62. The Morgan fingerprint density at radius 1 is 1.12 bits per heavy atom. The van der Waals surface area contributed by atoms with Crippen molar-refractivity contribution >= 4 is 16.0 Å². The second kappa shape index (κ2) is 8.35. The van der Waals surface area contributed by atoms with E-state index < -0.39 is 10.0 Å². The van der Waals surface area contributed by atoms with E-state index in [0.29, 0.717) is 49.3 Å². The van der Waals surface area contributed by atoms with Crippen LogP contribution in [-0.4, -0.2) is 38.4 Å². The summed E-state index contributed by atoms with van der Waals surface area (Å²) in [5, 5.41) is 0. The lowest BCUT2D eigenvalue weighted by Gasteiger charge is -2.31. The summed E-state index contributed by atoms with van der Waals surface area (Å²) in [6.07, 6.45) is 7.38. The molecule has 26 heavy (non-hydrogen) atoms. The van der Waals surface area contributed by atoms with Crippen molar-refractivity contribution in [2.45, 2.75) is 37.5 Å². The van der Waals surface area contributed by atoms with E-state index in [1.807, 2.05) is 0 Å². The van der Waals surface area contributed by atoms with E-state index in [1.165, 1.54) is 4.31 Å². The molecule has 2 atom stereocenters. The number of rotatable bonds is 5. The number of ether oxygens (including phenoxy) is 1. The molecule has 1 aliphatic carbocycles. The molecule has 3 rings (SSSR count). The van der Waals surface area contributed by atoms with Crippen LogP contribution in [-0.2, 0) is 19.6 Å². The van der Waals surface area contributed by atoms with Crippen LogP contribution in [0, 0.1) is 17.8 Å². The van der Waals surface area contributed by atoms with Gasteiger partial charge in [-0.1, -0.05) is 37.3 Å². The molecule has 0 saturated carbocycles. The molecule has 2 unspecified atom stereocenters. The van der Waals surface area contributed by atoms with E-state index >= 15 is 0 Å². The van der Waals surface area contributed by atoms with E-state index in [9.17, 15) is 13.2 Å². The van der Waals surface area contributed by atoms with Crippen molar-refractivity contribution in [2.24, 2.45) is 17.8 Å². The van der Waals surface area contributed by atoms with Gasteiger partial charge in [-0.2, -0.15) is 4.31 Å². The Bertz CT molecular complexity index is 736. The molecule has 0 bridgehead atoms. The van der Waals surface area contributed by atoms with Crippen LogP contribution in [0.2, 0.25) is 0 Å². The molecule has 0 amide bonds. The number of carbonyl (C=O) groups is 1. The van der Waals surface area contributed by atoms with Gasteiger partial charge in [-0.15, -0.1) is 0 Å². The molecule has 6 heteroatoms. The molecule has 0 aromatic heterocycles. The minimum Gasteiger partial charge on any atom is -0.465 e. The van der Waals surface area contributed by atoms with E-state index in [-0.39, 0.29) is 11.9 Å². The van der Waals surface area contributed by atoms with Gasteiger partial charge in [-0.05, 0) is 49.7 Å². The van der Waals surface area contributed by atoms with Gasteiger partial charge in [0.15, 0.2) is 0 Å². The summed E-state index contributed by atoms with van der Waals surface area (Å²) in [4.78, 5) is 12.7. The quantitative estimate of drug-likeness (QED) is 0.584. The molecule has 1 saturated heterocycles. The van der Waals surface area contributed by atoms with Gasteiger partial charge in [0.1, 0.15) is 0 Å². The third-order valence-electron chi connectivity index (χ3n) is 5.53. The molecule has 0 N–H and O–H groups in total. The lowest BCUT2D eigenvalue weighted by molar-refractivity contribution is -0.151. The first-order valence-electron chi connectivity index (χ1n) is 9.35. The molecule has 1 aliphatic heterocycles. The van der Waals surface area contributed by atoms with Gasteiger partial charge in [0.2, 0.25) is 10.0 Å². The Balaban J connectivity index is 1.50. The van der Waals surface area contributed by atoms with Crippen LogP contribution in [0.4, 0.5) is 0 Å². The van der Waals surface area contributed by atoms with Gasteiger partial charge in [0.25, 0.3) is 0 Å². The maximum Gasteiger partial charge on any atom is 0.309 e. The van der Waals surface area contributed by atoms with E-state index in [0.717, 1.165) is 12.8 Å². The average molecular weight is 378 g/mol. The maximum absolute atomic E-state index is 12.6. The van der Waals surface area contributed by atoms with E-state index in [2.05, 4.69) is 19.1 Å². The van der Waals surface area contributed by atoms with Gasteiger partial charge in [0.05, 0.1) is 17.4 Å². The molecule has 1 fully saturated rings. The van der Waals surface area contributed by atoms with Crippen molar-refractivity contribution in [3.8, 4) is 0 Å². The zero-order chi connectivity index (χ0) is 18.6. The zero-order valence-corrected chi connectivity index (χ0v) is 16.0. The van der Waals surface area contributed by atoms with Crippen molar-refractivity contribution in [3.05, 3.63) is 42.5 Å². The van der Waals surface area contributed by atoms with Crippen molar-refractivity contribution < 1.29 is 17.9 Å². The highest BCUT2D eigenvalue weighted by Gasteiger charge is 2.33. The first kappa shape index (κ1) is 19.1. The second-order valence-corrected chi connectivity index (χ2v) is 9.24. The monoisotopic (exact) mass is 377 g/mol. The Hall–Kier alpha value is -1.66. The van der Waals surface area contributed by atoms with Gasteiger partial charge in [-0.3, -0.25) is 4.79 Å². The molecular formula is C20H27NO4S. The number of piperidine rings is 1. The summed E-state index contributed by atoms with van der Waals surface area (Å²) in [5.41, 5.74) is 0. The molecule has 142 valence electrons. The van der Waals surface area contributed by atoms with Crippen molar-refractivity contribution in [3.63, 3.8) is 0 Å². The lowest BCUT2D eigenvalue weighted by Crippen LogP contribution is -2.40. The number of hydrogen-bond acceptors (Lipinski definition) is 4. The Morgan fingerprint density at radius 3 is 2.42 bits per heavy atom. The van der Waals surface area contributed by atoms with Crippen LogP contribution in [0.5, 0.6) is 0 Å². The lowest BCUT2D eigenvalue weighted by atomic mass is 9.85. The number of nitrogens with zero attached hydrogens (tertiary/aromatic N) is 1. The fraction of sp³-hybridized carbons (Fsp3) is 0.550. The summed E-state index contributed by atoms with van der Waals surface area (Å²) >= 11 is 0. The predicted octanol–water partition coefficient (Wildman–Crippen LogP) is 3.23. The summed E-state index contributed by atoms with van der Waals surface area (Å²) in [6, 6.07) is 8.45. The first-order valence-corrected chi connectivity index (χ1v) is 10.8. The molecule has 1 aromatic carbocycles. The third-order valence-corrected chi connectivity index (χ3v) is 7.44. The molecule has 1 heterocycles. The molecular weight excluding hydrogens is 350 g/mol. The fourth-order valence-corrected chi connectivity index (χ4v) is 5.11. The van der Waals surface area contributed by atoms with Crippen LogP contribution in [0.3, 0.4) is 0 Å². The summed E-state index contributed by atoms with van der Waals surface area (Å²) in [7, 11) is -3.47. The van der Waals surface area contributed by atoms with Crippen LogP contribution in [0.15, 0.2) is 47.4 Å². The number of allylic oxidation sites excluding steroid dienone is 2. The largest absolute Gasteiger partial charge is 0.465 e. The highest BCUT2D eigenvalue weighted by molar-refractivity contribution is 7.89. The zero-order valence-electron chi connectivity index (χ0n) is 15.2. The highest BCUT2D eigenvalue weighted by Crippen LogP contribution is 2.27. The van der Waals surface area contributed by atoms with Crippen LogP contribution >= 0.6 is 0 Å².